The quantitative estimate of drug-likeness (QED) is 0.625. The second-order valence-corrected chi connectivity index (χ2v) is 10.3. The van der Waals surface area contributed by atoms with Gasteiger partial charge in [-0.15, -0.1) is 0 Å². The van der Waals surface area contributed by atoms with Crippen LogP contribution in [0.1, 0.15) is 6.42 Å². The summed E-state index contributed by atoms with van der Waals surface area (Å²) in [7, 11) is -1.43. The van der Waals surface area contributed by atoms with Gasteiger partial charge in [0.15, 0.2) is 9.84 Å². The molecule has 4 rings (SSSR count). The Morgan fingerprint density at radius 2 is 2.03 bits per heavy atom. The van der Waals surface area contributed by atoms with Gasteiger partial charge in [0.2, 0.25) is 10.7 Å². The van der Waals surface area contributed by atoms with Crippen molar-refractivity contribution in [1.29, 1.82) is 0 Å². The van der Waals surface area contributed by atoms with E-state index in [2.05, 4.69) is 10.00 Å². The normalized spacial score (nSPS) is 21.6. The third kappa shape index (κ3) is 4.42. The number of aromatic nitrogens is 3. The molecule has 1 aromatic carbocycles. The number of sulfone groups is 1. The van der Waals surface area contributed by atoms with Crippen molar-refractivity contribution in [3.63, 3.8) is 0 Å². The number of ether oxygens (including phenoxy) is 1. The Morgan fingerprint density at radius 1 is 1.27 bits per heavy atom. The van der Waals surface area contributed by atoms with Crippen LogP contribution in [0.3, 0.4) is 0 Å². The maximum Gasteiger partial charge on any atom is 0.226 e. The highest BCUT2D eigenvalue weighted by Gasteiger charge is 2.36. The van der Waals surface area contributed by atoms with E-state index in [-0.39, 0.29) is 23.3 Å². The minimum atomic E-state index is -3.05. The molecule has 3 heterocycles. The molecule has 30 heavy (non-hydrogen) atoms. The predicted molar refractivity (Wildman–Crippen MR) is 114 cm³/mol. The summed E-state index contributed by atoms with van der Waals surface area (Å²) < 4.78 is 32.7. The topological polar surface area (TPSA) is 89.7 Å². The number of methoxy groups -OCH3 is 1. The molecular formula is C19H25N5O4S2. The van der Waals surface area contributed by atoms with Crippen LogP contribution in [-0.2, 0) is 21.3 Å². The Balaban J connectivity index is 1.36. The van der Waals surface area contributed by atoms with Crippen molar-refractivity contribution in [2.24, 2.45) is 5.92 Å². The van der Waals surface area contributed by atoms with Crippen molar-refractivity contribution in [3.05, 3.63) is 35.4 Å². The van der Waals surface area contributed by atoms with E-state index in [4.69, 9.17) is 17.0 Å². The molecule has 2 aliphatic rings. The number of piperazine rings is 1. The predicted octanol–water partition coefficient (Wildman–Crippen LogP) is 0.948. The summed E-state index contributed by atoms with van der Waals surface area (Å²) >= 11 is 5.59. The molecule has 0 spiro atoms. The van der Waals surface area contributed by atoms with Crippen LogP contribution in [0.2, 0.25) is 0 Å². The first kappa shape index (κ1) is 21.0. The van der Waals surface area contributed by atoms with Crippen LogP contribution in [0, 0.1) is 10.7 Å². The summed E-state index contributed by atoms with van der Waals surface area (Å²) in [5, 5.41) is 4.42. The SMILES string of the molecule is COc1cccc(-n2cnn(CN3CCN(C(=O)[C@H]4CCS(=O)(=O)C4)CC3)c2=S)c1. The van der Waals surface area contributed by atoms with Gasteiger partial charge in [0.05, 0.1) is 36.9 Å². The molecular weight excluding hydrogens is 426 g/mol. The Morgan fingerprint density at radius 3 is 2.70 bits per heavy atom. The lowest BCUT2D eigenvalue weighted by atomic mass is 10.1. The molecule has 0 saturated carbocycles. The molecule has 9 nitrogen and oxygen atoms in total. The minimum Gasteiger partial charge on any atom is -0.497 e. The number of rotatable bonds is 5. The first-order valence-corrected chi connectivity index (χ1v) is 12.1. The minimum absolute atomic E-state index is 0.0110. The van der Waals surface area contributed by atoms with E-state index in [0.29, 0.717) is 44.0 Å². The first-order chi connectivity index (χ1) is 14.4. The molecule has 1 atom stereocenters. The van der Waals surface area contributed by atoms with Crippen molar-refractivity contribution >= 4 is 28.0 Å². The molecule has 1 aromatic heterocycles. The van der Waals surface area contributed by atoms with Gasteiger partial charge in [0, 0.05) is 32.2 Å². The molecule has 162 valence electrons. The number of carbonyl (C=O) groups excluding carboxylic acids is 1. The molecule has 0 radical (unpaired) electrons. The third-order valence-electron chi connectivity index (χ3n) is 5.66. The van der Waals surface area contributed by atoms with Crippen LogP contribution in [0.25, 0.3) is 5.69 Å². The largest absolute Gasteiger partial charge is 0.497 e. The van der Waals surface area contributed by atoms with Gasteiger partial charge in [-0.3, -0.25) is 14.3 Å². The van der Waals surface area contributed by atoms with Gasteiger partial charge in [-0.25, -0.2) is 13.1 Å². The van der Waals surface area contributed by atoms with Crippen molar-refractivity contribution in [1.82, 2.24) is 24.1 Å². The third-order valence-corrected chi connectivity index (χ3v) is 7.84. The summed E-state index contributed by atoms with van der Waals surface area (Å²) in [6.45, 7) is 3.09. The number of hydrogen-bond acceptors (Lipinski definition) is 7. The summed E-state index contributed by atoms with van der Waals surface area (Å²) in [6, 6.07) is 7.62. The van der Waals surface area contributed by atoms with Crippen molar-refractivity contribution in [2.45, 2.75) is 13.1 Å². The second-order valence-electron chi connectivity index (χ2n) is 7.67. The van der Waals surface area contributed by atoms with Crippen LogP contribution in [-0.4, -0.2) is 83.3 Å². The summed E-state index contributed by atoms with van der Waals surface area (Å²) in [5.74, 6) is 0.446. The van der Waals surface area contributed by atoms with Crippen LogP contribution in [0.15, 0.2) is 30.6 Å². The number of nitrogens with zero attached hydrogens (tertiary/aromatic N) is 5. The van der Waals surface area contributed by atoms with Gasteiger partial charge >= 0.3 is 0 Å². The van der Waals surface area contributed by atoms with Crippen LogP contribution in [0.5, 0.6) is 5.75 Å². The van der Waals surface area contributed by atoms with E-state index in [9.17, 15) is 13.2 Å². The fourth-order valence-corrected chi connectivity index (χ4v) is 5.91. The lowest BCUT2D eigenvalue weighted by Gasteiger charge is -2.35. The van der Waals surface area contributed by atoms with Crippen molar-refractivity contribution < 1.29 is 17.9 Å². The zero-order valence-electron chi connectivity index (χ0n) is 16.8. The molecule has 0 aliphatic carbocycles. The van der Waals surface area contributed by atoms with Crippen molar-refractivity contribution in [2.75, 3.05) is 44.8 Å². The summed E-state index contributed by atoms with van der Waals surface area (Å²) in [6.07, 6.45) is 2.13. The highest BCUT2D eigenvalue weighted by atomic mass is 32.2. The lowest BCUT2D eigenvalue weighted by molar-refractivity contribution is -0.136. The van der Waals surface area contributed by atoms with Crippen LogP contribution >= 0.6 is 12.2 Å². The van der Waals surface area contributed by atoms with Crippen LogP contribution < -0.4 is 4.74 Å². The average molecular weight is 452 g/mol. The Hall–Kier alpha value is -2.24. The molecule has 2 aliphatic heterocycles. The van der Waals surface area contributed by atoms with Crippen molar-refractivity contribution in [3.8, 4) is 11.4 Å². The van der Waals surface area contributed by atoms with E-state index >= 15 is 0 Å². The van der Waals surface area contributed by atoms with Gasteiger partial charge in [-0.2, -0.15) is 5.10 Å². The Labute approximate surface area is 180 Å². The molecule has 1 amide bonds. The molecule has 0 unspecified atom stereocenters. The lowest BCUT2D eigenvalue weighted by Crippen LogP contribution is -2.50. The zero-order valence-corrected chi connectivity index (χ0v) is 18.4. The van der Waals surface area contributed by atoms with Gasteiger partial charge in [0.25, 0.3) is 0 Å². The number of amides is 1. The fraction of sp³-hybridized carbons (Fsp3) is 0.526. The Bertz CT molecular complexity index is 1090. The van der Waals surface area contributed by atoms with E-state index in [1.54, 1.807) is 23.0 Å². The average Bonchev–Trinajstić information content (AvgIpc) is 3.30. The van der Waals surface area contributed by atoms with E-state index in [1.165, 1.54) is 0 Å². The Kier molecular flexibility index (Phi) is 5.94. The number of carbonyl (C=O) groups is 1. The fourth-order valence-electron chi connectivity index (χ4n) is 3.92. The molecule has 11 heteroatoms. The molecule has 2 saturated heterocycles. The van der Waals surface area contributed by atoms with Gasteiger partial charge in [-0.1, -0.05) is 6.07 Å². The highest BCUT2D eigenvalue weighted by Crippen LogP contribution is 2.22. The van der Waals surface area contributed by atoms with Gasteiger partial charge in [-0.05, 0) is 30.8 Å². The molecule has 0 N–H and O–H groups in total. The monoisotopic (exact) mass is 451 g/mol. The van der Waals surface area contributed by atoms with Gasteiger partial charge < -0.3 is 9.64 Å². The van der Waals surface area contributed by atoms with E-state index in [0.717, 1.165) is 11.4 Å². The van der Waals surface area contributed by atoms with E-state index < -0.39 is 9.84 Å². The zero-order chi connectivity index (χ0) is 21.3. The van der Waals surface area contributed by atoms with E-state index in [1.807, 2.05) is 28.8 Å². The van der Waals surface area contributed by atoms with Gasteiger partial charge in [0.1, 0.15) is 12.1 Å². The molecule has 2 aromatic rings. The second kappa shape index (κ2) is 8.48. The maximum absolute atomic E-state index is 12.6. The maximum atomic E-state index is 12.6. The standard InChI is InChI=1S/C19H25N5O4S2/c1-28-17-4-2-3-16(11-17)23-13-20-24(19(23)29)14-21-6-8-22(9-7-21)18(25)15-5-10-30(26,27)12-15/h2-4,11,13,15H,5-10,12,14H2,1H3/t15-/m0/s1. The first-order valence-electron chi connectivity index (χ1n) is 9.87. The highest BCUT2D eigenvalue weighted by molar-refractivity contribution is 7.91. The summed E-state index contributed by atoms with van der Waals surface area (Å²) in [4.78, 5) is 16.6. The van der Waals surface area contributed by atoms with Crippen LogP contribution in [0.4, 0.5) is 0 Å². The summed E-state index contributed by atoms with van der Waals surface area (Å²) in [5.41, 5.74) is 0.882. The molecule has 0 bridgehead atoms. The smallest absolute Gasteiger partial charge is 0.226 e. The molecule has 2 fully saturated rings. The number of hydrogen-bond donors (Lipinski definition) is 0. The number of benzene rings is 1.